The molecule has 1 saturated heterocycles. The molecule has 0 atom stereocenters. The van der Waals surface area contributed by atoms with Crippen LogP contribution in [0.1, 0.15) is 49.9 Å². The largest absolute Gasteiger partial charge is 0.341 e. The van der Waals surface area contributed by atoms with Gasteiger partial charge in [-0.05, 0) is 44.3 Å². The Kier molecular flexibility index (Phi) is 8.03. The van der Waals surface area contributed by atoms with Crippen LogP contribution < -0.4 is 0 Å². The minimum atomic E-state index is 0.251. The maximum absolute atomic E-state index is 12.5. The van der Waals surface area contributed by atoms with E-state index in [9.17, 15) is 4.79 Å². The van der Waals surface area contributed by atoms with Gasteiger partial charge in [0.15, 0.2) is 5.82 Å². The minimum Gasteiger partial charge on any atom is -0.341 e. The van der Waals surface area contributed by atoms with Crippen molar-refractivity contribution in [3.8, 4) is 0 Å². The number of nitrogens with zero attached hydrogens (tertiary/aromatic N) is 4. The molecular weight excluding hydrogens is 352 g/mol. The molecule has 0 radical (unpaired) electrons. The van der Waals surface area contributed by atoms with Crippen LogP contribution in [0.2, 0.25) is 0 Å². The molecule has 6 nitrogen and oxygen atoms in total. The Morgan fingerprint density at radius 1 is 1.07 bits per heavy atom. The number of hydrogen-bond donors (Lipinski definition) is 0. The smallest absolute Gasteiger partial charge is 0.226 e. The first-order chi connectivity index (χ1) is 13.7. The molecular formula is C22H32N4O2. The highest BCUT2D eigenvalue weighted by atomic mass is 16.5. The second-order valence-corrected chi connectivity index (χ2v) is 7.48. The quantitative estimate of drug-likeness (QED) is 0.665. The average Bonchev–Trinajstić information content (AvgIpc) is 3.05. The topological polar surface area (TPSA) is 62.5 Å². The van der Waals surface area contributed by atoms with Crippen LogP contribution in [0.5, 0.6) is 0 Å². The molecule has 2 aromatic rings. The Balaban J connectivity index is 1.33. The van der Waals surface area contributed by atoms with Gasteiger partial charge < -0.3 is 14.3 Å². The Bertz CT molecular complexity index is 716. The first-order valence-corrected chi connectivity index (χ1v) is 10.6. The Hall–Kier alpha value is -2.21. The highest BCUT2D eigenvalue weighted by molar-refractivity contribution is 5.76. The summed E-state index contributed by atoms with van der Waals surface area (Å²) in [5, 5.41) is 3.90. The minimum absolute atomic E-state index is 0.251. The van der Waals surface area contributed by atoms with Crippen LogP contribution in [-0.2, 0) is 24.1 Å². The van der Waals surface area contributed by atoms with E-state index in [2.05, 4.69) is 45.4 Å². The van der Waals surface area contributed by atoms with Gasteiger partial charge in [-0.25, -0.2) is 0 Å². The lowest BCUT2D eigenvalue weighted by atomic mass is 10.1. The summed E-state index contributed by atoms with van der Waals surface area (Å²) >= 11 is 0. The zero-order valence-electron chi connectivity index (χ0n) is 17.0. The molecule has 152 valence electrons. The first-order valence-electron chi connectivity index (χ1n) is 10.6. The molecule has 0 unspecified atom stereocenters. The highest BCUT2D eigenvalue weighted by Crippen LogP contribution is 2.10. The summed E-state index contributed by atoms with van der Waals surface area (Å²) in [6, 6.07) is 10.7. The van der Waals surface area contributed by atoms with Gasteiger partial charge in [-0.15, -0.1) is 0 Å². The van der Waals surface area contributed by atoms with Gasteiger partial charge in [-0.3, -0.25) is 4.79 Å². The van der Waals surface area contributed by atoms with Crippen molar-refractivity contribution in [1.29, 1.82) is 0 Å². The van der Waals surface area contributed by atoms with Crippen molar-refractivity contribution in [2.24, 2.45) is 0 Å². The third kappa shape index (κ3) is 6.44. The molecule has 1 fully saturated rings. The molecule has 0 aliphatic carbocycles. The number of hydrogen-bond acceptors (Lipinski definition) is 5. The number of aryl methyl sites for hydroxylation is 3. The van der Waals surface area contributed by atoms with Gasteiger partial charge in [-0.1, -0.05) is 42.4 Å². The molecule has 3 rings (SSSR count). The van der Waals surface area contributed by atoms with Crippen LogP contribution in [0.3, 0.4) is 0 Å². The molecule has 1 aliphatic rings. The maximum atomic E-state index is 12.5. The Morgan fingerprint density at radius 3 is 2.71 bits per heavy atom. The standard InChI is InChI=1S/C22H32N4O2/c1-2-20-23-21(28-24-20)12-6-13-22(27)26-16-8-15-25(17-18-26)14-7-11-19-9-4-3-5-10-19/h3-5,9-10H,2,6-8,11-18H2,1H3. The van der Waals surface area contributed by atoms with Crippen LogP contribution in [0, 0.1) is 0 Å². The molecule has 0 spiro atoms. The highest BCUT2D eigenvalue weighted by Gasteiger charge is 2.19. The van der Waals surface area contributed by atoms with Crippen molar-refractivity contribution in [2.75, 3.05) is 32.7 Å². The normalized spacial score (nSPS) is 15.5. The molecule has 0 N–H and O–H groups in total. The van der Waals surface area contributed by atoms with E-state index in [4.69, 9.17) is 4.52 Å². The van der Waals surface area contributed by atoms with Crippen molar-refractivity contribution in [3.05, 3.63) is 47.6 Å². The molecule has 0 bridgehead atoms. The fourth-order valence-electron chi connectivity index (χ4n) is 3.68. The summed E-state index contributed by atoms with van der Waals surface area (Å²) in [6.45, 7) is 6.87. The lowest BCUT2D eigenvalue weighted by Crippen LogP contribution is -2.35. The van der Waals surface area contributed by atoms with Crippen LogP contribution in [0.15, 0.2) is 34.9 Å². The van der Waals surface area contributed by atoms with Crippen LogP contribution in [0.25, 0.3) is 0 Å². The number of benzene rings is 1. The molecule has 1 aromatic carbocycles. The zero-order chi connectivity index (χ0) is 19.6. The number of carbonyl (C=O) groups is 1. The molecule has 2 heterocycles. The van der Waals surface area contributed by atoms with Gasteiger partial charge in [0.25, 0.3) is 0 Å². The van der Waals surface area contributed by atoms with E-state index in [1.807, 2.05) is 11.8 Å². The van der Waals surface area contributed by atoms with E-state index in [0.29, 0.717) is 18.7 Å². The van der Waals surface area contributed by atoms with Crippen molar-refractivity contribution >= 4 is 5.91 Å². The molecule has 0 saturated carbocycles. The molecule has 1 aromatic heterocycles. The van der Waals surface area contributed by atoms with E-state index in [-0.39, 0.29) is 5.91 Å². The van der Waals surface area contributed by atoms with Gasteiger partial charge in [0.2, 0.25) is 11.8 Å². The van der Waals surface area contributed by atoms with Crippen molar-refractivity contribution in [1.82, 2.24) is 19.9 Å². The Morgan fingerprint density at radius 2 is 1.93 bits per heavy atom. The predicted molar refractivity (Wildman–Crippen MR) is 109 cm³/mol. The number of carbonyl (C=O) groups excluding carboxylic acids is 1. The van der Waals surface area contributed by atoms with Gasteiger partial charge in [-0.2, -0.15) is 4.98 Å². The molecule has 6 heteroatoms. The average molecular weight is 385 g/mol. The van der Waals surface area contributed by atoms with Gasteiger partial charge >= 0.3 is 0 Å². The Labute approximate surface area is 167 Å². The SMILES string of the molecule is CCc1noc(CCCC(=O)N2CCCN(CCCc3ccccc3)CC2)n1. The molecule has 28 heavy (non-hydrogen) atoms. The summed E-state index contributed by atoms with van der Waals surface area (Å²) in [4.78, 5) is 21.4. The number of aromatic nitrogens is 2. The van der Waals surface area contributed by atoms with E-state index in [1.54, 1.807) is 0 Å². The fourth-order valence-corrected chi connectivity index (χ4v) is 3.68. The van der Waals surface area contributed by atoms with Crippen LogP contribution >= 0.6 is 0 Å². The second-order valence-electron chi connectivity index (χ2n) is 7.48. The summed E-state index contributed by atoms with van der Waals surface area (Å²) in [6.07, 6.45) is 6.12. The fraction of sp³-hybridized carbons (Fsp3) is 0.591. The summed E-state index contributed by atoms with van der Waals surface area (Å²) in [5.74, 6) is 1.63. The van der Waals surface area contributed by atoms with Crippen LogP contribution in [0.4, 0.5) is 0 Å². The molecule has 1 amide bonds. The van der Waals surface area contributed by atoms with Gasteiger partial charge in [0, 0.05) is 38.9 Å². The number of rotatable bonds is 9. The van der Waals surface area contributed by atoms with E-state index in [1.165, 1.54) is 12.0 Å². The van der Waals surface area contributed by atoms with E-state index < -0.39 is 0 Å². The van der Waals surface area contributed by atoms with E-state index >= 15 is 0 Å². The summed E-state index contributed by atoms with van der Waals surface area (Å²) in [7, 11) is 0. The predicted octanol–water partition coefficient (Wildman–Crippen LogP) is 3.12. The molecule has 1 aliphatic heterocycles. The van der Waals surface area contributed by atoms with Crippen molar-refractivity contribution < 1.29 is 9.32 Å². The lowest BCUT2D eigenvalue weighted by Gasteiger charge is -2.22. The lowest BCUT2D eigenvalue weighted by molar-refractivity contribution is -0.131. The third-order valence-corrected chi connectivity index (χ3v) is 5.33. The summed E-state index contributed by atoms with van der Waals surface area (Å²) < 4.78 is 5.19. The zero-order valence-corrected chi connectivity index (χ0v) is 17.0. The number of amides is 1. The monoisotopic (exact) mass is 384 g/mol. The van der Waals surface area contributed by atoms with Gasteiger partial charge in [0.05, 0.1) is 0 Å². The maximum Gasteiger partial charge on any atom is 0.226 e. The van der Waals surface area contributed by atoms with Crippen molar-refractivity contribution in [2.45, 2.75) is 51.9 Å². The first kappa shape index (κ1) is 20.5. The van der Waals surface area contributed by atoms with Crippen LogP contribution in [-0.4, -0.2) is 58.6 Å². The third-order valence-electron chi connectivity index (χ3n) is 5.33. The van der Waals surface area contributed by atoms with E-state index in [0.717, 1.165) is 64.2 Å². The van der Waals surface area contributed by atoms with Crippen molar-refractivity contribution in [3.63, 3.8) is 0 Å². The van der Waals surface area contributed by atoms with Gasteiger partial charge in [0.1, 0.15) is 0 Å². The summed E-state index contributed by atoms with van der Waals surface area (Å²) in [5.41, 5.74) is 1.40. The second kappa shape index (κ2) is 11.0.